The summed E-state index contributed by atoms with van der Waals surface area (Å²) in [6, 6.07) is 24.6. The van der Waals surface area contributed by atoms with Gasteiger partial charge >= 0.3 is 0 Å². The van der Waals surface area contributed by atoms with E-state index in [9.17, 15) is 14.4 Å². The number of benzene rings is 3. The summed E-state index contributed by atoms with van der Waals surface area (Å²) < 4.78 is 5.56. The van der Waals surface area contributed by atoms with E-state index in [1.807, 2.05) is 55.5 Å². The molecule has 4 rings (SSSR count). The van der Waals surface area contributed by atoms with Gasteiger partial charge in [0.15, 0.2) is 0 Å². The molecule has 1 heterocycles. The van der Waals surface area contributed by atoms with E-state index < -0.39 is 23.8 Å². The van der Waals surface area contributed by atoms with E-state index in [4.69, 9.17) is 16.2 Å². The molecule has 0 saturated carbocycles. The van der Waals surface area contributed by atoms with Gasteiger partial charge < -0.3 is 26.8 Å². The summed E-state index contributed by atoms with van der Waals surface area (Å²) in [4.78, 5) is 44.0. The fourth-order valence-corrected chi connectivity index (χ4v) is 4.84. The van der Waals surface area contributed by atoms with Crippen LogP contribution in [0.5, 0.6) is 5.75 Å². The third-order valence-corrected chi connectivity index (χ3v) is 7.14. The number of hydrogen-bond donors (Lipinski definition) is 4. The highest BCUT2D eigenvalue weighted by Crippen LogP contribution is 2.26. The van der Waals surface area contributed by atoms with Crippen molar-refractivity contribution in [1.29, 1.82) is 0 Å². The van der Waals surface area contributed by atoms with E-state index >= 15 is 0 Å². The highest BCUT2D eigenvalue weighted by molar-refractivity contribution is 5.98. The number of nitrogens with two attached hydrogens (primary N) is 2. The average molecular weight is 580 g/mol. The molecule has 9 heteroatoms. The van der Waals surface area contributed by atoms with Crippen LogP contribution in [-0.2, 0) is 35.5 Å². The van der Waals surface area contributed by atoms with Crippen LogP contribution in [0.3, 0.4) is 0 Å². The second-order valence-electron chi connectivity index (χ2n) is 10.1. The number of carbonyl (C=O) groups excluding carboxylic acids is 3. The lowest BCUT2D eigenvalue weighted by atomic mass is 9.87. The zero-order chi connectivity index (χ0) is 30.6. The molecule has 43 heavy (non-hydrogen) atoms. The van der Waals surface area contributed by atoms with Crippen LogP contribution in [-0.4, -0.2) is 35.4 Å². The number of aromatic nitrogens is 1. The van der Waals surface area contributed by atoms with Crippen molar-refractivity contribution < 1.29 is 19.1 Å². The van der Waals surface area contributed by atoms with Gasteiger partial charge in [-0.15, -0.1) is 0 Å². The minimum Gasteiger partial charge on any atom is -0.494 e. The number of hydrogen-bond acceptors (Lipinski definition) is 6. The normalized spacial score (nSPS) is 12.1. The van der Waals surface area contributed by atoms with Gasteiger partial charge in [-0.3, -0.25) is 19.4 Å². The highest BCUT2D eigenvalue weighted by atomic mass is 16.5. The molecule has 0 unspecified atom stereocenters. The van der Waals surface area contributed by atoms with E-state index in [1.54, 1.807) is 48.8 Å². The number of nitrogens with zero attached hydrogens (tertiary/aromatic N) is 1. The molecule has 222 valence electrons. The number of pyridine rings is 1. The molecule has 0 fully saturated rings. The van der Waals surface area contributed by atoms with E-state index in [1.165, 1.54) is 0 Å². The zero-order valence-corrected chi connectivity index (χ0v) is 24.2. The van der Waals surface area contributed by atoms with Gasteiger partial charge in [0.1, 0.15) is 11.8 Å². The SMILES string of the molecule is CCOc1ccc(C[C@@H](C(=O)N[C@@H](Cc2ccncc2)C(=O)NCc2ccc(CN)cc2)c2ccccc2C(N)=O)cc1. The quantitative estimate of drug-likeness (QED) is 0.180. The first-order valence-electron chi connectivity index (χ1n) is 14.2. The largest absolute Gasteiger partial charge is 0.494 e. The molecule has 3 amide bonds. The molecule has 4 aromatic rings. The van der Waals surface area contributed by atoms with Crippen molar-refractivity contribution in [1.82, 2.24) is 15.6 Å². The fraction of sp³-hybridized carbons (Fsp3) is 0.235. The Morgan fingerprint density at radius 2 is 1.42 bits per heavy atom. The third kappa shape index (κ3) is 8.73. The maximum atomic E-state index is 14.1. The van der Waals surface area contributed by atoms with Gasteiger partial charge in [0.25, 0.3) is 0 Å². The Hall–Kier alpha value is -5.02. The molecule has 9 nitrogen and oxygen atoms in total. The van der Waals surface area contributed by atoms with Crippen molar-refractivity contribution in [3.8, 4) is 5.75 Å². The lowest BCUT2D eigenvalue weighted by Gasteiger charge is -2.24. The molecule has 0 bridgehead atoms. The van der Waals surface area contributed by atoms with Crippen molar-refractivity contribution >= 4 is 17.7 Å². The van der Waals surface area contributed by atoms with Gasteiger partial charge in [-0.1, -0.05) is 54.6 Å². The van der Waals surface area contributed by atoms with Crippen molar-refractivity contribution in [2.45, 2.75) is 44.8 Å². The summed E-state index contributed by atoms with van der Waals surface area (Å²) in [7, 11) is 0. The van der Waals surface area contributed by atoms with E-state index in [-0.39, 0.29) is 30.9 Å². The second kappa shape index (κ2) is 15.3. The predicted molar refractivity (Wildman–Crippen MR) is 165 cm³/mol. The smallest absolute Gasteiger partial charge is 0.249 e. The second-order valence-corrected chi connectivity index (χ2v) is 10.1. The number of carbonyl (C=O) groups is 3. The molecule has 0 aliphatic heterocycles. The monoisotopic (exact) mass is 579 g/mol. The summed E-state index contributed by atoms with van der Waals surface area (Å²) in [5.41, 5.74) is 15.7. The first-order chi connectivity index (χ1) is 20.9. The molecular weight excluding hydrogens is 542 g/mol. The van der Waals surface area contributed by atoms with Crippen LogP contribution in [0.25, 0.3) is 0 Å². The lowest BCUT2D eigenvalue weighted by Crippen LogP contribution is -2.49. The summed E-state index contributed by atoms with van der Waals surface area (Å²) in [5, 5.41) is 5.92. The summed E-state index contributed by atoms with van der Waals surface area (Å²) >= 11 is 0. The number of rotatable bonds is 14. The molecular formula is C34H37N5O4. The first-order valence-corrected chi connectivity index (χ1v) is 14.2. The lowest BCUT2D eigenvalue weighted by molar-refractivity contribution is -0.129. The van der Waals surface area contributed by atoms with E-state index in [2.05, 4.69) is 15.6 Å². The Balaban J connectivity index is 1.60. The molecule has 0 aliphatic rings. The summed E-state index contributed by atoms with van der Waals surface area (Å²) in [5.74, 6) is -1.44. The van der Waals surface area contributed by atoms with Crippen LogP contribution in [0.4, 0.5) is 0 Å². The van der Waals surface area contributed by atoms with Crippen LogP contribution in [0.1, 0.15) is 51.0 Å². The third-order valence-electron chi connectivity index (χ3n) is 7.14. The topological polar surface area (TPSA) is 149 Å². The van der Waals surface area contributed by atoms with Crippen molar-refractivity contribution in [2.24, 2.45) is 11.5 Å². The fourth-order valence-electron chi connectivity index (χ4n) is 4.84. The summed E-state index contributed by atoms with van der Waals surface area (Å²) in [6.45, 7) is 3.16. The molecule has 0 radical (unpaired) electrons. The Morgan fingerprint density at radius 3 is 2.07 bits per heavy atom. The van der Waals surface area contributed by atoms with Gasteiger partial charge in [0.05, 0.1) is 12.5 Å². The van der Waals surface area contributed by atoms with Crippen LogP contribution in [0, 0.1) is 0 Å². The Bertz CT molecular complexity index is 1510. The molecule has 0 aliphatic carbocycles. The Kier molecular flexibility index (Phi) is 11.0. The zero-order valence-electron chi connectivity index (χ0n) is 24.2. The molecule has 1 aromatic heterocycles. The van der Waals surface area contributed by atoms with Crippen LogP contribution in [0.15, 0.2) is 97.3 Å². The molecule has 3 aromatic carbocycles. The van der Waals surface area contributed by atoms with Crippen LogP contribution < -0.4 is 26.8 Å². The number of amides is 3. The summed E-state index contributed by atoms with van der Waals surface area (Å²) in [6.07, 6.45) is 3.81. The van der Waals surface area contributed by atoms with Crippen molar-refractivity contribution in [2.75, 3.05) is 6.61 Å². The Labute approximate surface area is 251 Å². The van der Waals surface area contributed by atoms with Crippen molar-refractivity contribution in [3.63, 3.8) is 0 Å². The first kappa shape index (κ1) is 30.9. The highest BCUT2D eigenvalue weighted by Gasteiger charge is 2.29. The maximum absolute atomic E-state index is 14.1. The number of ether oxygens (including phenoxy) is 1. The van der Waals surface area contributed by atoms with E-state index in [0.29, 0.717) is 18.7 Å². The molecule has 0 saturated heterocycles. The average Bonchev–Trinajstić information content (AvgIpc) is 3.03. The molecule has 0 spiro atoms. The molecule has 2 atom stereocenters. The predicted octanol–water partition coefficient (Wildman–Crippen LogP) is 3.41. The number of nitrogens with one attached hydrogen (secondary N) is 2. The Morgan fingerprint density at radius 1 is 0.791 bits per heavy atom. The van der Waals surface area contributed by atoms with Gasteiger partial charge in [-0.25, -0.2) is 0 Å². The van der Waals surface area contributed by atoms with Crippen molar-refractivity contribution in [3.05, 3.63) is 131 Å². The maximum Gasteiger partial charge on any atom is 0.249 e. The minimum absolute atomic E-state index is 0.249. The van der Waals surface area contributed by atoms with Gasteiger partial charge in [-0.05, 0) is 71.5 Å². The van der Waals surface area contributed by atoms with E-state index in [0.717, 1.165) is 28.0 Å². The minimum atomic E-state index is -0.887. The number of primary amides is 1. The van der Waals surface area contributed by atoms with Crippen LogP contribution in [0.2, 0.25) is 0 Å². The van der Waals surface area contributed by atoms with Gasteiger partial charge in [-0.2, -0.15) is 0 Å². The standard InChI is InChI=1S/C34H37N5O4/c1-2-43-27-13-11-23(12-14-27)19-30(28-5-3-4-6-29(28)32(36)40)33(41)39-31(20-24-15-17-37-18-16-24)34(42)38-22-26-9-7-25(21-35)8-10-26/h3-18,30-31H,2,19-22,35H2,1H3,(H2,36,40)(H,38,42)(H,39,41)/t30-,31+/m1/s1. The van der Waals surface area contributed by atoms with Gasteiger partial charge in [0.2, 0.25) is 17.7 Å². The van der Waals surface area contributed by atoms with Crippen LogP contribution >= 0.6 is 0 Å². The molecule has 6 N–H and O–H groups in total. The van der Waals surface area contributed by atoms with Gasteiger partial charge in [0, 0.05) is 37.5 Å².